The lowest BCUT2D eigenvalue weighted by Crippen LogP contribution is -2.13. The maximum atomic E-state index is 13.2. The highest BCUT2D eigenvalue weighted by molar-refractivity contribution is 7.22. The van der Waals surface area contributed by atoms with E-state index in [4.69, 9.17) is 16.1 Å². The van der Waals surface area contributed by atoms with Crippen molar-refractivity contribution in [3.05, 3.63) is 64.4 Å². The second-order valence-corrected chi connectivity index (χ2v) is 7.50. The fourth-order valence-corrected chi connectivity index (χ4v) is 3.98. The molecule has 10 heteroatoms. The highest BCUT2D eigenvalue weighted by Gasteiger charge is 2.34. The van der Waals surface area contributed by atoms with Gasteiger partial charge in [0.1, 0.15) is 17.0 Å². The average Bonchev–Trinajstić information content (AvgIpc) is 3.23. The number of amides is 1. The number of fused-ring (bicyclic) bond motifs is 1. The van der Waals surface area contributed by atoms with Crippen LogP contribution in [-0.4, -0.2) is 16.0 Å². The summed E-state index contributed by atoms with van der Waals surface area (Å²) in [7, 11) is 0. The van der Waals surface area contributed by atoms with Gasteiger partial charge in [0.05, 0.1) is 20.8 Å². The maximum Gasteiger partial charge on any atom is 0.418 e. The minimum absolute atomic E-state index is 0.0346. The maximum absolute atomic E-state index is 13.2. The van der Waals surface area contributed by atoms with Crippen LogP contribution >= 0.6 is 22.9 Å². The van der Waals surface area contributed by atoms with Crippen LogP contribution in [0, 0.1) is 6.92 Å². The van der Waals surface area contributed by atoms with Gasteiger partial charge in [0.15, 0.2) is 5.13 Å². The summed E-state index contributed by atoms with van der Waals surface area (Å²) < 4.78 is 45.0. The van der Waals surface area contributed by atoms with Crippen molar-refractivity contribution in [2.75, 3.05) is 5.32 Å². The van der Waals surface area contributed by atoms with E-state index in [1.807, 2.05) is 0 Å². The molecular formula is C19H11ClF3N3O2S. The number of carbonyl (C=O) groups is 1. The molecule has 0 aliphatic rings. The van der Waals surface area contributed by atoms with Crippen LogP contribution in [0.4, 0.5) is 18.3 Å². The van der Waals surface area contributed by atoms with Crippen molar-refractivity contribution in [3.63, 3.8) is 0 Å². The Kier molecular flexibility index (Phi) is 4.79. The number of alkyl halides is 3. The average molecular weight is 438 g/mol. The first kappa shape index (κ1) is 19.4. The third kappa shape index (κ3) is 3.58. The quantitative estimate of drug-likeness (QED) is 0.415. The monoisotopic (exact) mass is 437 g/mol. The molecule has 0 aliphatic carbocycles. The summed E-state index contributed by atoms with van der Waals surface area (Å²) in [6.45, 7) is 1.56. The van der Waals surface area contributed by atoms with Crippen LogP contribution in [0.25, 0.3) is 21.5 Å². The van der Waals surface area contributed by atoms with Crippen LogP contribution < -0.4 is 5.32 Å². The van der Waals surface area contributed by atoms with Crippen LogP contribution in [-0.2, 0) is 6.18 Å². The number of carbonyl (C=O) groups excluding carboxylic acids is 1. The Balaban J connectivity index is 1.71. The van der Waals surface area contributed by atoms with Gasteiger partial charge in [-0.3, -0.25) is 10.1 Å². The Morgan fingerprint density at radius 3 is 2.66 bits per heavy atom. The highest BCUT2D eigenvalue weighted by Crippen LogP contribution is 2.38. The number of para-hydroxylation sites is 1. The zero-order chi connectivity index (χ0) is 20.8. The second-order valence-electron chi connectivity index (χ2n) is 6.07. The topological polar surface area (TPSA) is 68.0 Å². The largest absolute Gasteiger partial charge is 0.418 e. The molecule has 2 heterocycles. The van der Waals surface area contributed by atoms with Crippen molar-refractivity contribution in [3.8, 4) is 11.3 Å². The molecule has 5 nitrogen and oxygen atoms in total. The first-order chi connectivity index (χ1) is 13.8. The molecule has 0 atom stereocenters. The van der Waals surface area contributed by atoms with Crippen molar-refractivity contribution < 1.29 is 22.5 Å². The van der Waals surface area contributed by atoms with Crippen molar-refractivity contribution in [1.29, 1.82) is 0 Å². The molecule has 2 aromatic carbocycles. The third-order valence-corrected chi connectivity index (χ3v) is 5.43. The number of benzene rings is 2. The number of rotatable bonds is 3. The van der Waals surface area contributed by atoms with Gasteiger partial charge < -0.3 is 4.52 Å². The van der Waals surface area contributed by atoms with Gasteiger partial charge in [0.25, 0.3) is 5.91 Å². The van der Waals surface area contributed by atoms with Gasteiger partial charge in [-0.1, -0.05) is 52.4 Å². The standard InChI is InChI=1S/C19H11ClF3N3O2S/c1-9-14(15(26-28-9)10-5-2-3-7-12(10)20)17(27)25-18-24-16-11(19(21,22)23)6-4-8-13(16)29-18/h2-8H,1H3,(H,24,25,27). The molecule has 0 radical (unpaired) electrons. The molecule has 0 saturated carbocycles. The molecule has 1 N–H and O–H groups in total. The number of thiazole rings is 1. The number of hydrogen-bond donors (Lipinski definition) is 1. The van der Waals surface area contributed by atoms with E-state index in [1.165, 1.54) is 12.1 Å². The molecule has 2 aromatic heterocycles. The lowest BCUT2D eigenvalue weighted by Gasteiger charge is -2.06. The molecule has 0 spiro atoms. The van der Waals surface area contributed by atoms with Crippen LogP contribution in [0.15, 0.2) is 47.0 Å². The van der Waals surface area contributed by atoms with Crippen molar-refractivity contribution >= 4 is 44.2 Å². The third-order valence-electron chi connectivity index (χ3n) is 4.16. The zero-order valence-corrected chi connectivity index (χ0v) is 16.2. The normalized spacial score (nSPS) is 11.8. The molecule has 0 aliphatic heterocycles. The van der Waals surface area contributed by atoms with Crippen LogP contribution in [0.5, 0.6) is 0 Å². The number of aryl methyl sites for hydroxylation is 1. The predicted octanol–water partition coefficient (Wildman–Crippen LogP) is 6.18. The molecule has 4 aromatic rings. The molecule has 0 bridgehead atoms. The SMILES string of the molecule is Cc1onc(-c2ccccc2Cl)c1C(=O)Nc1nc2c(C(F)(F)F)cccc2s1. The lowest BCUT2D eigenvalue weighted by atomic mass is 10.1. The van der Waals surface area contributed by atoms with E-state index in [0.717, 1.165) is 17.4 Å². The minimum atomic E-state index is -4.54. The van der Waals surface area contributed by atoms with E-state index in [9.17, 15) is 18.0 Å². The molecular weight excluding hydrogens is 427 g/mol. The van der Waals surface area contributed by atoms with Gasteiger partial charge in [-0.05, 0) is 25.1 Å². The number of nitrogens with one attached hydrogen (secondary N) is 1. The summed E-state index contributed by atoms with van der Waals surface area (Å²) in [5, 5.41) is 6.87. The molecule has 29 heavy (non-hydrogen) atoms. The Morgan fingerprint density at radius 2 is 1.93 bits per heavy atom. The molecule has 0 saturated heterocycles. The first-order valence-corrected chi connectivity index (χ1v) is 9.44. The van der Waals surface area contributed by atoms with Gasteiger partial charge >= 0.3 is 6.18 Å². The van der Waals surface area contributed by atoms with Gasteiger partial charge in [-0.15, -0.1) is 0 Å². The Bertz CT molecular complexity index is 1230. The van der Waals surface area contributed by atoms with Crippen molar-refractivity contribution in [1.82, 2.24) is 10.1 Å². The van der Waals surface area contributed by atoms with E-state index in [1.54, 1.807) is 31.2 Å². The summed E-state index contributed by atoms with van der Waals surface area (Å²) in [5.41, 5.74) is -0.200. The number of nitrogens with zero attached hydrogens (tertiary/aromatic N) is 2. The van der Waals surface area contributed by atoms with Crippen LogP contribution in [0.1, 0.15) is 21.7 Å². The van der Waals surface area contributed by atoms with Crippen LogP contribution in [0.3, 0.4) is 0 Å². The summed E-state index contributed by atoms with van der Waals surface area (Å²) in [6, 6.07) is 10.6. The Morgan fingerprint density at radius 1 is 1.17 bits per heavy atom. The number of anilines is 1. The van der Waals surface area contributed by atoms with E-state index in [-0.39, 0.29) is 27.7 Å². The number of hydrogen-bond acceptors (Lipinski definition) is 5. The van der Waals surface area contributed by atoms with Crippen molar-refractivity contribution in [2.24, 2.45) is 0 Å². The fourth-order valence-electron chi connectivity index (χ4n) is 2.87. The Labute approximate surface area is 171 Å². The number of halogens is 4. The van der Waals surface area contributed by atoms with Crippen molar-refractivity contribution in [2.45, 2.75) is 13.1 Å². The minimum Gasteiger partial charge on any atom is -0.360 e. The molecule has 148 valence electrons. The van der Waals surface area contributed by atoms with E-state index in [0.29, 0.717) is 15.3 Å². The lowest BCUT2D eigenvalue weighted by molar-refractivity contribution is -0.136. The molecule has 4 rings (SSSR count). The summed E-state index contributed by atoms with van der Waals surface area (Å²) >= 11 is 7.13. The van der Waals surface area contributed by atoms with E-state index in [2.05, 4.69) is 15.5 Å². The first-order valence-electron chi connectivity index (χ1n) is 8.25. The summed E-state index contributed by atoms with van der Waals surface area (Å²) in [5.74, 6) is -0.360. The second kappa shape index (κ2) is 7.16. The van der Waals surface area contributed by atoms with E-state index < -0.39 is 17.6 Å². The van der Waals surface area contributed by atoms with Gasteiger partial charge in [-0.25, -0.2) is 4.98 Å². The summed E-state index contributed by atoms with van der Waals surface area (Å²) in [6.07, 6.45) is -4.54. The highest BCUT2D eigenvalue weighted by atomic mass is 35.5. The molecule has 0 fully saturated rings. The fraction of sp³-hybridized carbons (Fsp3) is 0.105. The van der Waals surface area contributed by atoms with Gasteiger partial charge in [0.2, 0.25) is 0 Å². The summed E-state index contributed by atoms with van der Waals surface area (Å²) in [4.78, 5) is 16.8. The smallest absolute Gasteiger partial charge is 0.360 e. The Hall–Kier alpha value is -2.91. The van der Waals surface area contributed by atoms with Crippen LogP contribution in [0.2, 0.25) is 5.02 Å². The zero-order valence-electron chi connectivity index (χ0n) is 14.7. The molecule has 0 unspecified atom stereocenters. The van der Waals surface area contributed by atoms with Gasteiger partial charge in [-0.2, -0.15) is 13.2 Å². The number of aromatic nitrogens is 2. The molecule has 1 amide bonds. The van der Waals surface area contributed by atoms with E-state index >= 15 is 0 Å². The van der Waals surface area contributed by atoms with Gasteiger partial charge in [0, 0.05) is 5.56 Å². The predicted molar refractivity (Wildman–Crippen MR) is 104 cm³/mol.